The molecule has 1 aromatic heterocycles. The molecule has 1 atom stereocenters. The van der Waals surface area contributed by atoms with Crippen molar-refractivity contribution in [3.8, 4) is 0 Å². The molecule has 0 bridgehead atoms. The van der Waals surface area contributed by atoms with E-state index in [9.17, 15) is 0 Å². The van der Waals surface area contributed by atoms with Gasteiger partial charge in [-0.1, -0.05) is 12.1 Å². The van der Waals surface area contributed by atoms with Gasteiger partial charge in [-0.3, -0.25) is 4.99 Å². The third-order valence-corrected chi connectivity index (χ3v) is 2.73. The van der Waals surface area contributed by atoms with Crippen LogP contribution in [0.3, 0.4) is 0 Å². The molecular formula is C13H26IN5O. The Bertz CT molecular complexity index is 394. The lowest BCUT2D eigenvalue weighted by atomic mass is 10.3. The molecule has 1 unspecified atom stereocenters. The van der Waals surface area contributed by atoms with E-state index in [-0.39, 0.29) is 24.0 Å². The number of hydrogen-bond acceptors (Lipinski definition) is 4. The normalized spacial score (nSPS) is 12.7. The highest BCUT2D eigenvalue weighted by molar-refractivity contribution is 14.0. The first-order chi connectivity index (χ1) is 9.15. The average molecular weight is 395 g/mol. The summed E-state index contributed by atoms with van der Waals surface area (Å²) >= 11 is 0. The second kappa shape index (κ2) is 10.9. The predicted octanol–water partition coefficient (Wildman–Crippen LogP) is 2.28. The fourth-order valence-corrected chi connectivity index (χ4v) is 1.52. The Balaban J connectivity index is 0.00000361. The van der Waals surface area contributed by atoms with Crippen molar-refractivity contribution < 1.29 is 4.52 Å². The van der Waals surface area contributed by atoms with Crippen LogP contribution in [0.15, 0.2) is 9.52 Å². The standard InChI is InChI=1S/C13H25N5O.HI/c1-5-10(3)16-13(14-6-2)15-9-7-8-12-17-11(4)18-19-12;/h10H,5-9H2,1-4H3,(H2,14,15,16);1H. The smallest absolute Gasteiger partial charge is 0.226 e. The van der Waals surface area contributed by atoms with Gasteiger partial charge < -0.3 is 15.2 Å². The molecular weight excluding hydrogens is 369 g/mol. The fraction of sp³-hybridized carbons (Fsp3) is 0.769. The SMILES string of the molecule is CCNC(=NCCCc1nc(C)no1)NC(C)CC.I. The van der Waals surface area contributed by atoms with Gasteiger partial charge in [-0.2, -0.15) is 4.98 Å². The Labute approximate surface area is 138 Å². The number of nitrogens with zero attached hydrogens (tertiary/aromatic N) is 3. The van der Waals surface area contributed by atoms with Crippen LogP contribution >= 0.6 is 24.0 Å². The van der Waals surface area contributed by atoms with Gasteiger partial charge in [0, 0.05) is 25.6 Å². The minimum atomic E-state index is 0. The summed E-state index contributed by atoms with van der Waals surface area (Å²) in [7, 11) is 0. The molecule has 6 nitrogen and oxygen atoms in total. The van der Waals surface area contributed by atoms with Crippen molar-refractivity contribution in [3.63, 3.8) is 0 Å². The lowest BCUT2D eigenvalue weighted by Crippen LogP contribution is -2.42. The van der Waals surface area contributed by atoms with Gasteiger partial charge in [0.05, 0.1) is 0 Å². The quantitative estimate of drug-likeness (QED) is 0.321. The molecule has 20 heavy (non-hydrogen) atoms. The molecule has 0 aliphatic heterocycles. The topological polar surface area (TPSA) is 75.3 Å². The van der Waals surface area contributed by atoms with Gasteiger partial charge in [-0.15, -0.1) is 24.0 Å². The van der Waals surface area contributed by atoms with Crippen LogP contribution in [0.4, 0.5) is 0 Å². The first-order valence-corrected chi connectivity index (χ1v) is 6.99. The van der Waals surface area contributed by atoms with E-state index in [4.69, 9.17) is 4.52 Å². The van der Waals surface area contributed by atoms with Crippen LogP contribution in [0, 0.1) is 6.92 Å². The molecule has 116 valence electrons. The van der Waals surface area contributed by atoms with Crippen LogP contribution in [0.1, 0.15) is 45.3 Å². The minimum Gasteiger partial charge on any atom is -0.357 e. The molecule has 1 heterocycles. The summed E-state index contributed by atoms with van der Waals surface area (Å²) in [5.74, 6) is 2.25. The predicted molar refractivity (Wildman–Crippen MR) is 91.6 cm³/mol. The Morgan fingerprint density at radius 2 is 2.15 bits per heavy atom. The second-order valence-electron chi connectivity index (χ2n) is 4.55. The van der Waals surface area contributed by atoms with Crippen molar-refractivity contribution in [1.82, 2.24) is 20.8 Å². The first-order valence-electron chi connectivity index (χ1n) is 6.99. The van der Waals surface area contributed by atoms with E-state index in [1.807, 2.05) is 6.92 Å². The average Bonchev–Trinajstić information content (AvgIpc) is 2.80. The van der Waals surface area contributed by atoms with E-state index >= 15 is 0 Å². The van der Waals surface area contributed by atoms with Gasteiger partial charge in [-0.05, 0) is 33.6 Å². The Morgan fingerprint density at radius 3 is 2.70 bits per heavy atom. The summed E-state index contributed by atoms with van der Waals surface area (Å²) in [4.78, 5) is 8.70. The van der Waals surface area contributed by atoms with Crippen molar-refractivity contribution in [1.29, 1.82) is 0 Å². The number of aryl methyl sites for hydroxylation is 2. The minimum absolute atomic E-state index is 0. The molecule has 0 radical (unpaired) electrons. The van der Waals surface area contributed by atoms with Gasteiger partial charge in [0.15, 0.2) is 11.8 Å². The van der Waals surface area contributed by atoms with Gasteiger partial charge in [0.2, 0.25) is 5.89 Å². The van der Waals surface area contributed by atoms with Crippen LogP contribution in [-0.2, 0) is 6.42 Å². The number of aliphatic imine (C=N–C) groups is 1. The summed E-state index contributed by atoms with van der Waals surface area (Å²) in [6.07, 6.45) is 2.75. The number of halogens is 1. The maximum atomic E-state index is 5.06. The van der Waals surface area contributed by atoms with E-state index in [0.717, 1.165) is 38.3 Å². The lowest BCUT2D eigenvalue weighted by molar-refractivity contribution is 0.372. The molecule has 1 aromatic rings. The molecule has 7 heteroatoms. The Hall–Kier alpha value is -0.860. The summed E-state index contributed by atoms with van der Waals surface area (Å²) in [6.45, 7) is 9.80. The van der Waals surface area contributed by atoms with Crippen molar-refractivity contribution in [2.75, 3.05) is 13.1 Å². The zero-order chi connectivity index (χ0) is 14.1. The zero-order valence-electron chi connectivity index (χ0n) is 12.8. The van der Waals surface area contributed by atoms with Crippen LogP contribution in [0.5, 0.6) is 0 Å². The molecule has 0 spiro atoms. The van der Waals surface area contributed by atoms with Crippen LogP contribution in [0.25, 0.3) is 0 Å². The van der Waals surface area contributed by atoms with E-state index in [0.29, 0.717) is 17.8 Å². The Kier molecular flexibility index (Phi) is 10.4. The molecule has 0 saturated carbocycles. The van der Waals surface area contributed by atoms with E-state index < -0.39 is 0 Å². The molecule has 0 saturated heterocycles. The number of rotatable bonds is 7. The third-order valence-electron chi connectivity index (χ3n) is 2.73. The van der Waals surface area contributed by atoms with Crippen LogP contribution in [0.2, 0.25) is 0 Å². The molecule has 0 fully saturated rings. The number of hydrogen-bond donors (Lipinski definition) is 2. The van der Waals surface area contributed by atoms with E-state index in [2.05, 4.69) is 46.5 Å². The lowest BCUT2D eigenvalue weighted by Gasteiger charge is -2.15. The maximum absolute atomic E-state index is 5.06. The van der Waals surface area contributed by atoms with Crippen LogP contribution < -0.4 is 10.6 Å². The summed E-state index contributed by atoms with van der Waals surface area (Å²) in [5, 5.41) is 10.4. The van der Waals surface area contributed by atoms with Gasteiger partial charge in [0.25, 0.3) is 0 Å². The fourth-order valence-electron chi connectivity index (χ4n) is 1.52. The van der Waals surface area contributed by atoms with Crippen molar-refractivity contribution in [3.05, 3.63) is 11.7 Å². The largest absolute Gasteiger partial charge is 0.357 e. The summed E-state index contributed by atoms with van der Waals surface area (Å²) in [6, 6.07) is 0.427. The number of aromatic nitrogens is 2. The highest BCUT2D eigenvalue weighted by Gasteiger charge is 2.03. The molecule has 0 aliphatic rings. The van der Waals surface area contributed by atoms with E-state index in [1.54, 1.807) is 0 Å². The molecule has 0 aliphatic carbocycles. The highest BCUT2D eigenvalue weighted by Crippen LogP contribution is 2.00. The summed E-state index contributed by atoms with van der Waals surface area (Å²) < 4.78 is 5.06. The molecule has 0 aromatic carbocycles. The zero-order valence-corrected chi connectivity index (χ0v) is 15.1. The molecule has 1 rings (SSSR count). The summed E-state index contributed by atoms with van der Waals surface area (Å²) in [5.41, 5.74) is 0. The first kappa shape index (κ1) is 19.1. The van der Waals surface area contributed by atoms with Gasteiger partial charge in [-0.25, -0.2) is 0 Å². The Morgan fingerprint density at radius 1 is 1.40 bits per heavy atom. The third kappa shape index (κ3) is 7.66. The maximum Gasteiger partial charge on any atom is 0.226 e. The number of guanidine groups is 1. The van der Waals surface area contributed by atoms with E-state index in [1.165, 1.54) is 0 Å². The second-order valence-corrected chi connectivity index (χ2v) is 4.55. The molecule has 0 amide bonds. The van der Waals surface area contributed by atoms with Crippen molar-refractivity contribution in [2.24, 2.45) is 4.99 Å². The molecule has 2 N–H and O–H groups in total. The van der Waals surface area contributed by atoms with Crippen LogP contribution in [-0.4, -0.2) is 35.2 Å². The van der Waals surface area contributed by atoms with Crippen molar-refractivity contribution >= 4 is 29.9 Å². The monoisotopic (exact) mass is 395 g/mol. The highest BCUT2D eigenvalue weighted by atomic mass is 127. The number of nitrogens with one attached hydrogen (secondary N) is 2. The van der Waals surface area contributed by atoms with Gasteiger partial charge in [0.1, 0.15) is 0 Å². The van der Waals surface area contributed by atoms with Crippen molar-refractivity contribution in [2.45, 2.75) is 53.0 Å². The van der Waals surface area contributed by atoms with Gasteiger partial charge >= 0.3 is 0 Å².